The Balaban J connectivity index is 1.58. The van der Waals surface area contributed by atoms with Crippen LogP contribution >= 0.6 is 7.60 Å². The van der Waals surface area contributed by atoms with E-state index < -0.39 is 19.4 Å². The minimum Gasteiger partial charge on any atom is -0.497 e. The van der Waals surface area contributed by atoms with Gasteiger partial charge in [0.2, 0.25) is 0 Å². The van der Waals surface area contributed by atoms with Gasteiger partial charge in [-0.15, -0.1) is 0 Å². The normalized spacial score (nSPS) is 26.8. The van der Waals surface area contributed by atoms with Crippen LogP contribution in [0.4, 0.5) is 0 Å². The maximum Gasteiger partial charge on any atom is 0.386 e. The van der Waals surface area contributed by atoms with Crippen LogP contribution in [0.1, 0.15) is 29.7 Å². The molecule has 2 aromatic rings. The Hall–Kier alpha value is -1.85. The summed E-state index contributed by atoms with van der Waals surface area (Å²) < 4.78 is 30.2. The van der Waals surface area contributed by atoms with Gasteiger partial charge in [0, 0.05) is 25.2 Å². The van der Waals surface area contributed by atoms with Crippen LogP contribution in [0.2, 0.25) is 0 Å². The van der Waals surface area contributed by atoms with Crippen LogP contribution in [0.25, 0.3) is 0 Å². The quantitative estimate of drug-likeness (QED) is 0.767. The first-order valence-corrected chi connectivity index (χ1v) is 11.2. The second-order valence-corrected chi connectivity index (χ2v) is 9.40. The molecule has 2 aromatic carbocycles. The minimum absolute atomic E-state index is 0.269. The fourth-order valence-electron chi connectivity index (χ4n) is 4.03. The Morgan fingerprint density at radius 1 is 1.25 bits per heavy atom. The van der Waals surface area contributed by atoms with Gasteiger partial charge in [-0.1, -0.05) is 24.3 Å². The minimum atomic E-state index is -3.49. The van der Waals surface area contributed by atoms with E-state index >= 15 is 0 Å². The second-order valence-electron chi connectivity index (χ2n) is 7.22. The maximum atomic E-state index is 13.5. The summed E-state index contributed by atoms with van der Waals surface area (Å²) in [7, 11) is -1.82. The van der Waals surface area contributed by atoms with Crippen molar-refractivity contribution in [1.29, 1.82) is 0 Å². The summed E-state index contributed by atoms with van der Waals surface area (Å²) in [5.74, 6) is 1.31. The van der Waals surface area contributed by atoms with Crippen LogP contribution < -0.4 is 9.26 Å². The van der Waals surface area contributed by atoms with Crippen LogP contribution in [0, 0.1) is 0 Å². The third-order valence-electron chi connectivity index (χ3n) is 5.49. The summed E-state index contributed by atoms with van der Waals surface area (Å²) >= 11 is 0. The van der Waals surface area contributed by atoms with Crippen molar-refractivity contribution < 1.29 is 23.5 Å². The van der Waals surface area contributed by atoms with Gasteiger partial charge in [-0.05, 0) is 42.7 Å². The zero-order chi connectivity index (χ0) is 19.7. The van der Waals surface area contributed by atoms with Gasteiger partial charge in [0.15, 0.2) is 0 Å². The first-order valence-electron chi connectivity index (χ1n) is 9.63. The summed E-state index contributed by atoms with van der Waals surface area (Å²) in [6.07, 6.45) is -0.00858. The maximum absolute atomic E-state index is 13.5. The lowest BCUT2D eigenvalue weighted by Gasteiger charge is -2.39. The Labute approximate surface area is 165 Å². The molecule has 7 heteroatoms. The smallest absolute Gasteiger partial charge is 0.386 e. The third kappa shape index (κ3) is 3.58. The van der Waals surface area contributed by atoms with Gasteiger partial charge in [0.05, 0.1) is 19.8 Å². The molecule has 3 unspecified atom stereocenters. The molecule has 28 heavy (non-hydrogen) atoms. The molecule has 0 amide bonds. The van der Waals surface area contributed by atoms with Gasteiger partial charge in [-0.3, -0.25) is 9.42 Å². The van der Waals surface area contributed by atoms with Crippen LogP contribution in [0.5, 0.6) is 11.5 Å². The zero-order valence-corrected chi connectivity index (χ0v) is 17.1. The lowest BCUT2D eigenvalue weighted by atomic mass is 9.98. The number of aliphatic hydroxyl groups excluding tert-OH is 1. The Bertz CT molecular complexity index is 902. The SMILES string of the molecule is CCOP1(=O)Oc2ccccc2C(O)C1CN1CCc2cc(OC)ccc2C1. The molecule has 4 rings (SSSR count). The summed E-state index contributed by atoms with van der Waals surface area (Å²) in [5, 5.41) is 11.0. The van der Waals surface area contributed by atoms with E-state index in [0.29, 0.717) is 17.9 Å². The van der Waals surface area contributed by atoms with Crippen molar-refractivity contribution in [1.82, 2.24) is 4.90 Å². The number of hydrogen-bond acceptors (Lipinski definition) is 6. The van der Waals surface area contributed by atoms with Gasteiger partial charge >= 0.3 is 7.60 Å². The molecule has 0 saturated carbocycles. The molecule has 0 fully saturated rings. The second kappa shape index (κ2) is 7.88. The van der Waals surface area contributed by atoms with Gasteiger partial charge in [0.25, 0.3) is 0 Å². The predicted molar refractivity (Wildman–Crippen MR) is 107 cm³/mol. The van der Waals surface area contributed by atoms with Crippen LogP contribution in [0.3, 0.4) is 0 Å². The number of para-hydroxylation sites is 1. The van der Waals surface area contributed by atoms with E-state index in [2.05, 4.69) is 17.0 Å². The Kier molecular flexibility index (Phi) is 5.48. The first-order chi connectivity index (χ1) is 13.5. The number of hydrogen-bond donors (Lipinski definition) is 1. The zero-order valence-electron chi connectivity index (χ0n) is 16.2. The lowest BCUT2D eigenvalue weighted by molar-refractivity contribution is 0.112. The molecule has 0 saturated heterocycles. The summed E-state index contributed by atoms with van der Waals surface area (Å²) in [6.45, 7) is 4.05. The van der Waals surface area contributed by atoms with E-state index in [0.717, 1.165) is 25.3 Å². The molecule has 3 atom stereocenters. The van der Waals surface area contributed by atoms with Crippen molar-refractivity contribution in [2.45, 2.75) is 31.7 Å². The fraction of sp³-hybridized carbons (Fsp3) is 0.429. The molecule has 1 N–H and O–H groups in total. The molecule has 2 aliphatic rings. The molecule has 6 nitrogen and oxygen atoms in total. The van der Waals surface area contributed by atoms with E-state index in [1.54, 1.807) is 26.2 Å². The standard InChI is InChI=1S/C21H26NO5P/c1-3-26-28(24)20(21(23)18-6-4-5-7-19(18)27-28)14-22-11-10-15-12-17(25-2)9-8-16(15)13-22/h4-9,12,20-21,23H,3,10-11,13-14H2,1-2H3. The first kappa shape index (κ1) is 19.5. The van der Waals surface area contributed by atoms with E-state index in [1.807, 2.05) is 18.2 Å². The summed E-state index contributed by atoms with van der Waals surface area (Å²) in [6, 6.07) is 13.3. The molecular formula is C21H26NO5P. The van der Waals surface area contributed by atoms with Crippen LogP contribution in [-0.2, 0) is 22.1 Å². The molecule has 2 heterocycles. The van der Waals surface area contributed by atoms with Crippen molar-refractivity contribution >= 4 is 7.60 Å². The van der Waals surface area contributed by atoms with E-state index in [1.165, 1.54) is 11.1 Å². The van der Waals surface area contributed by atoms with E-state index in [-0.39, 0.29) is 6.61 Å². The fourth-order valence-corrected chi connectivity index (χ4v) is 6.15. The highest BCUT2D eigenvalue weighted by molar-refractivity contribution is 7.55. The number of ether oxygens (including phenoxy) is 1. The van der Waals surface area contributed by atoms with Crippen LogP contribution in [-0.4, -0.2) is 42.5 Å². The molecule has 0 aromatic heterocycles. The monoisotopic (exact) mass is 403 g/mol. The third-order valence-corrected chi connectivity index (χ3v) is 7.82. The number of fused-ring (bicyclic) bond motifs is 2. The molecule has 0 bridgehead atoms. The Morgan fingerprint density at radius 2 is 2.07 bits per heavy atom. The number of benzene rings is 2. The highest BCUT2D eigenvalue weighted by Gasteiger charge is 2.48. The number of methoxy groups -OCH3 is 1. The Morgan fingerprint density at radius 3 is 2.86 bits per heavy atom. The lowest BCUT2D eigenvalue weighted by Crippen LogP contribution is -2.41. The van der Waals surface area contributed by atoms with Gasteiger partial charge in [-0.2, -0.15) is 0 Å². The molecule has 0 spiro atoms. The molecule has 0 radical (unpaired) electrons. The summed E-state index contributed by atoms with van der Waals surface area (Å²) in [4.78, 5) is 2.21. The summed E-state index contributed by atoms with van der Waals surface area (Å²) in [5.41, 5.74) is 2.54. The van der Waals surface area contributed by atoms with Gasteiger partial charge < -0.3 is 14.4 Å². The highest BCUT2D eigenvalue weighted by Crippen LogP contribution is 2.61. The average Bonchev–Trinajstić information content (AvgIpc) is 2.71. The van der Waals surface area contributed by atoms with E-state index in [9.17, 15) is 9.67 Å². The molecule has 150 valence electrons. The predicted octanol–water partition coefficient (Wildman–Crippen LogP) is 3.78. The van der Waals surface area contributed by atoms with Crippen molar-refractivity contribution in [2.24, 2.45) is 0 Å². The highest BCUT2D eigenvalue weighted by atomic mass is 31.2. The van der Waals surface area contributed by atoms with E-state index in [4.69, 9.17) is 13.8 Å². The van der Waals surface area contributed by atoms with Gasteiger partial charge in [-0.25, -0.2) is 4.57 Å². The van der Waals surface area contributed by atoms with Crippen molar-refractivity contribution in [3.8, 4) is 11.5 Å². The largest absolute Gasteiger partial charge is 0.497 e. The molecular weight excluding hydrogens is 377 g/mol. The van der Waals surface area contributed by atoms with Crippen molar-refractivity contribution in [3.05, 3.63) is 59.2 Å². The van der Waals surface area contributed by atoms with Crippen molar-refractivity contribution in [3.63, 3.8) is 0 Å². The average molecular weight is 403 g/mol. The number of rotatable bonds is 5. The van der Waals surface area contributed by atoms with Gasteiger partial charge in [0.1, 0.15) is 17.2 Å². The van der Waals surface area contributed by atoms with Crippen LogP contribution in [0.15, 0.2) is 42.5 Å². The molecule has 0 aliphatic carbocycles. The topological polar surface area (TPSA) is 68.2 Å². The van der Waals surface area contributed by atoms with Crippen molar-refractivity contribution in [2.75, 3.05) is 26.8 Å². The number of nitrogens with zero attached hydrogens (tertiary/aromatic N) is 1. The number of aliphatic hydroxyl groups is 1. The molecule has 2 aliphatic heterocycles.